The van der Waals surface area contributed by atoms with Crippen LogP contribution in [0.1, 0.15) is 24.8 Å². The molecule has 0 bridgehead atoms. The number of hydrogen-bond donors (Lipinski definition) is 2. The zero-order valence-electron chi connectivity index (χ0n) is 10.6. The van der Waals surface area contributed by atoms with E-state index in [9.17, 15) is 14.3 Å². The minimum Gasteiger partial charge on any atom is -0.493 e. The fraction of sp³-hybridized carbons (Fsp3) is 0.286. The molecule has 2 heterocycles. The van der Waals surface area contributed by atoms with E-state index in [0.717, 1.165) is 12.8 Å². The molecular formula is C14H13FN2O3. The fourth-order valence-electron chi connectivity index (χ4n) is 2.33. The lowest BCUT2D eigenvalue weighted by atomic mass is 10.1. The van der Waals surface area contributed by atoms with E-state index < -0.39 is 17.3 Å². The molecule has 20 heavy (non-hydrogen) atoms. The van der Waals surface area contributed by atoms with E-state index in [4.69, 9.17) is 4.74 Å². The second kappa shape index (κ2) is 5.05. The number of halogens is 1. The molecule has 2 aromatic rings. The van der Waals surface area contributed by atoms with Crippen molar-refractivity contribution in [2.75, 3.05) is 6.61 Å². The summed E-state index contributed by atoms with van der Waals surface area (Å²) in [6, 6.07) is 5.46. The normalized spacial score (nSPS) is 18.4. The van der Waals surface area contributed by atoms with Crippen LogP contribution in [0.15, 0.2) is 29.1 Å². The largest absolute Gasteiger partial charge is 0.493 e. The summed E-state index contributed by atoms with van der Waals surface area (Å²) in [5, 5.41) is 9.97. The van der Waals surface area contributed by atoms with Gasteiger partial charge in [-0.25, -0.2) is 4.39 Å². The monoisotopic (exact) mass is 276 g/mol. The average Bonchev–Trinajstić information content (AvgIpc) is 2.91. The van der Waals surface area contributed by atoms with Crippen molar-refractivity contribution in [3.05, 3.63) is 46.3 Å². The van der Waals surface area contributed by atoms with Crippen LogP contribution in [0.5, 0.6) is 5.88 Å². The molecule has 1 saturated heterocycles. The molecule has 3 rings (SSSR count). The van der Waals surface area contributed by atoms with Crippen molar-refractivity contribution in [2.45, 2.75) is 18.9 Å². The Morgan fingerprint density at radius 3 is 2.95 bits per heavy atom. The topological polar surface area (TPSA) is 75.2 Å². The van der Waals surface area contributed by atoms with Crippen LogP contribution in [-0.2, 0) is 4.74 Å². The lowest BCUT2D eigenvalue weighted by molar-refractivity contribution is 0.104. The van der Waals surface area contributed by atoms with Gasteiger partial charge >= 0.3 is 0 Å². The van der Waals surface area contributed by atoms with Gasteiger partial charge in [-0.3, -0.25) is 4.79 Å². The minimum atomic E-state index is -0.506. The van der Waals surface area contributed by atoms with Gasteiger partial charge < -0.3 is 14.8 Å². The van der Waals surface area contributed by atoms with Gasteiger partial charge in [0.05, 0.1) is 0 Å². The molecule has 2 N–H and O–H groups in total. The Hall–Kier alpha value is -2.21. The van der Waals surface area contributed by atoms with Crippen LogP contribution in [0.3, 0.4) is 0 Å². The van der Waals surface area contributed by atoms with Gasteiger partial charge in [0.2, 0.25) is 5.88 Å². The van der Waals surface area contributed by atoms with Crippen LogP contribution in [0.25, 0.3) is 11.1 Å². The summed E-state index contributed by atoms with van der Waals surface area (Å²) in [7, 11) is 0. The zero-order valence-corrected chi connectivity index (χ0v) is 10.6. The summed E-state index contributed by atoms with van der Waals surface area (Å²) >= 11 is 0. The number of hydrogen-bond acceptors (Lipinski definition) is 4. The minimum absolute atomic E-state index is 0.0359. The SMILES string of the molecule is O=c1[nH]c(C2CCCO2)nc(O)c1-c1cccc(F)c1. The molecule has 1 aromatic heterocycles. The summed E-state index contributed by atoms with van der Waals surface area (Å²) in [6.07, 6.45) is 1.35. The molecule has 0 saturated carbocycles. The first-order chi connectivity index (χ1) is 9.65. The molecule has 0 aliphatic carbocycles. The van der Waals surface area contributed by atoms with Crippen molar-refractivity contribution in [3.8, 4) is 17.0 Å². The van der Waals surface area contributed by atoms with Gasteiger partial charge in [0.1, 0.15) is 23.3 Å². The number of nitrogens with one attached hydrogen (secondary N) is 1. The van der Waals surface area contributed by atoms with E-state index in [0.29, 0.717) is 12.4 Å². The maximum absolute atomic E-state index is 13.2. The molecule has 104 valence electrons. The number of nitrogens with zero attached hydrogens (tertiary/aromatic N) is 1. The van der Waals surface area contributed by atoms with Crippen LogP contribution in [0.2, 0.25) is 0 Å². The van der Waals surface area contributed by atoms with Gasteiger partial charge in [0.25, 0.3) is 5.56 Å². The van der Waals surface area contributed by atoms with Crippen LogP contribution in [0.4, 0.5) is 4.39 Å². The summed E-state index contributed by atoms with van der Waals surface area (Å²) in [5.74, 6) is -0.584. The number of aromatic hydroxyl groups is 1. The Balaban J connectivity index is 2.07. The van der Waals surface area contributed by atoms with E-state index in [2.05, 4.69) is 9.97 Å². The van der Waals surface area contributed by atoms with Crippen molar-refractivity contribution in [1.82, 2.24) is 9.97 Å². The highest BCUT2D eigenvalue weighted by Crippen LogP contribution is 2.29. The number of H-pyrrole nitrogens is 1. The number of aromatic amines is 1. The molecule has 1 aliphatic heterocycles. The van der Waals surface area contributed by atoms with Crippen molar-refractivity contribution >= 4 is 0 Å². The Labute approximate surface area is 114 Å². The summed E-state index contributed by atoms with van der Waals surface area (Å²) < 4.78 is 18.6. The van der Waals surface area contributed by atoms with Gasteiger partial charge in [-0.2, -0.15) is 4.98 Å². The van der Waals surface area contributed by atoms with Crippen molar-refractivity contribution < 1.29 is 14.2 Å². The number of ether oxygens (including phenoxy) is 1. The van der Waals surface area contributed by atoms with Gasteiger partial charge in [-0.05, 0) is 30.5 Å². The molecule has 1 atom stereocenters. The van der Waals surface area contributed by atoms with Crippen molar-refractivity contribution in [3.63, 3.8) is 0 Å². The first-order valence-electron chi connectivity index (χ1n) is 6.36. The molecule has 5 nitrogen and oxygen atoms in total. The molecule has 1 unspecified atom stereocenters. The van der Waals surface area contributed by atoms with E-state index >= 15 is 0 Å². The number of aromatic nitrogens is 2. The van der Waals surface area contributed by atoms with Crippen LogP contribution >= 0.6 is 0 Å². The van der Waals surface area contributed by atoms with E-state index in [1.165, 1.54) is 18.2 Å². The molecule has 0 amide bonds. The standard InChI is InChI=1S/C14H13FN2O3/c15-9-4-1-3-8(7-9)11-13(18)16-12(17-14(11)19)10-5-2-6-20-10/h1,3-4,7,10H,2,5-6H2,(H2,16,17,18,19). The highest BCUT2D eigenvalue weighted by molar-refractivity contribution is 5.67. The first kappa shape index (κ1) is 12.8. The Morgan fingerprint density at radius 2 is 2.30 bits per heavy atom. The van der Waals surface area contributed by atoms with Gasteiger partial charge in [-0.1, -0.05) is 12.1 Å². The lowest BCUT2D eigenvalue weighted by Gasteiger charge is -2.10. The van der Waals surface area contributed by atoms with Crippen LogP contribution < -0.4 is 5.56 Å². The quantitative estimate of drug-likeness (QED) is 0.881. The van der Waals surface area contributed by atoms with E-state index in [-0.39, 0.29) is 17.2 Å². The zero-order chi connectivity index (χ0) is 14.1. The van der Waals surface area contributed by atoms with Gasteiger partial charge in [0, 0.05) is 6.61 Å². The predicted molar refractivity (Wildman–Crippen MR) is 69.8 cm³/mol. The first-order valence-corrected chi connectivity index (χ1v) is 6.36. The van der Waals surface area contributed by atoms with Crippen molar-refractivity contribution in [2.24, 2.45) is 0 Å². The lowest BCUT2D eigenvalue weighted by Crippen LogP contribution is -2.16. The molecule has 0 radical (unpaired) electrons. The van der Waals surface area contributed by atoms with Gasteiger partial charge in [-0.15, -0.1) is 0 Å². The Kier molecular flexibility index (Phi) is 3.23. The molecular weight excluding hydrogens is 263 g/mol. The van der Waals surface area contributed by atoms with E-state index in [1.54, 1.807) is 6.07 Å². The van der Waals surface area contributed by atoms with Crippen LogP contribution in [-0.4, -0.2) is 21.7 Å². The Morgan fingerprint density at radius 1 is 1.45 bits per heavy atom. The number of rotatable bonds is 2. The summed E-state index contributed by atoms with van der Waals surface area (Å²) in [5.41, 5.74) is -0.255. The summed E-state index contributed by atoms with van der Waals surface area (Å²) in [4.78, 5) is 18.7. The summed E-state index contributed by atoms with van der Waals surface area (Å²) in [6.45, 7) is 0.612. The third-order valence-electron chi connectivity index (χ3n) is 3.27. The van der Waals surface area contributed by atoms with Crippen LogP contribution in [0, 0.1) is 5.82 Å². The molecule has 6 heteroatoms. The molecule has 0 spiro atoms. The molecule has 1 aliphatic rings. The third kappa shape index (κ3) is 2.30. The highest BCUT2D eigenvalue weighted by atomic mass is 19.1. The maximum Gasteiger partial charge on any atom is 0.262 e. The van der Waals surface area contributed by atoms with Crippen molar-refractivity contribution in [1.29, 1.82) is 0 Å². The number of benzene rings is 1. The predicted octanol–water partition coefficient (Wildman–Crippen LogP) is 2.13. The smallest absolute Gasteiger partial charge is 0.262 e. The fourth-order valence-corrected chi connectivity index (χ4v) is 2.33. The van der Waals surface area contributed by atoms with Gasteiger partial charge in [0.15, 0.2) is 0 Å². The third-order valence-corrected chi connectivity index (χ3v) is 3.27. The second-order valence-electron chi connectivity index (χ2n) is 4.66. The average molecular weight is 276 g/mol. The molecule has 1 fully saturated rings. The maximum atomic E-state index is 13.2. The molecule has 1 aromatic carbocycles. The van der Waals surface area contributed by atoms with E-state index in [1.807, 2.05) is 0 Å². The second-order valence-corrected chi connectivity index (χ2v) is 4.66. The Bertz CT molecular complexity index is 693. The highest BCUT2D eigenvalue weighted by Gasteiger charge is 2.23.